The van der Waals surface area contributed by atoms with Crippen molar-refractivity contribution in [2.75, 3.05) is 25.6 Å². The third kappa shape index (κ3) is 1.42. The average molecular weight is 176 g/mol. The lowest BCUT2D eigenvalue weighted by atomic mass is 10.0. The van der Waals surface area contributed by atoms with Crippen LogP contribution in [-0.2, 0) is 6.42 Å². The van der Waals surface area contributed by atoms with Crippen molar-refractivity contribution in [2.24, 2.45) is 0 Å². The van der Waals surface area contributed by atoms with Gasteiger partial charge in [-0.1, -0.05) is 17.7 Å². The molecule has 2 heteroatoms. The first-order valence-corrected chi connectivity index (χ1v) is 4.73. The number of benzene rings is 1. The summed E-state index contributed by atoms with van der Waals surface area (Å²) in [6, 6.07) is 6.67. The van der Waals surface area contributed by atoms with E-state index in [1.807, 2.05) is 0 Å². The van der Waals surface area contributed by atoms with E-state index in [4.69, 9.17) is 0 Å². The Bertz CT molecular complexity index is 320. The van der Waals surface area contributed by atoms with Crippen LogP contribution in [0.2, 0.25) is 0 Å². The van der Waals surface area contributed by atoms with Crippen molar-refractivity contribution in [3.8, 4) is 0 Å². The topological polar surface area (TPSA) is 6.48 Å². The molecule has 1 heterocycles. The largest absolute Gasteiger partial charge is 0.309 e. The minimum absolute atomic E-state index is 1.12. The lowest BCUT2D eigenvalue weighted by Crippen LogP contribution is -2.41. The van der Waals surface area contributed by atoms with Crippen molar-refractivity contribution in [3.63, 3.8) is 0 Å². The van der Waals surface area contributed by atoms with Crippen LogP contribution in [0.4, 0.5) is 5.69 Å². The summed E-state index contributed by atoms with van der Waals surface area (Å²) in [4.78, 5) is 0. The predicted octanol–water partition coefficient (Wildman–Crippen LogP) is 1.83. The van der Waals surface area contributed by atoms with Crippen molar-refractivity contribution in [3.05, 3.63) is 29.3 Å². The molecule has 0 aliphatic carbocycles. The maximum atomic E-state index is 2.29. The number of hydrogen-bond acceptors (Lipinski definition) is 2. The summed E-state index contributed by atoms with van der Waals surface area (Å²) in [7, 11) is 4.25. The molecular formula is C11H16N2. The molecule has 0 fully saturated rings. The highest BCUT2D eigenvalue weighted by atomic mass is 15.6. The van der Waals surface area contributed by atoms with Crippen LogP contribution >= 0.6 is 0 Å². The molecule has 1 aliphatic rings. The first-order valence-electron chi connectivity index (χ1n) is 4.73. The highest BCUT2D eigenvalue weighted by molar-refractivity contribution is 5.55. The third-order valence-corrected chi connectivity index (χ3v) is 2.80. The number of rotatable bonds is 0. The molecule has 0 saturated carbocycles. The van der Waals surface area contributed by atoms with Crippen LogP contribution < -0.4 is 5.01 Å². The number of anilines is 1. The Kier molecular flexibility index (Phi) is 2.00. The van der Waals surface area contributed by atoms with Crippen molar-refractivity contribution >= 4 is 5.69 Å². The van der Waals surface area contributed by atoms with Crippen LogP contribution in [0.1, 0.15) is 11.1 Å². The van der Waals surface area contributed by atoms with Gasteiger partial charge in [0.05, 0.1) is 5.69 Å². The molecule has 1 aromatic carbocycles. The van der Waals surface area contributed by atoms with Crippen LogP contribution in [0.25, 0.3) is 0 Å². The SMILES string of the molecule is Cc1ccc2c(c1)CCN(C)N2C. The average Bonchev–Trinajstić information content (AvgIpc) is 2.12. The fourth-order valence-corrected chi connectivity index (χ4v) is 1.85. The number of nitrogens with zero attached hydrogens (tertiary/aromatic N) is 2. The number of aryl methyl sites for hydroxylation is 1. The summed E-state index contributed by atoms with van der Waals surface area (Å²) in [5.74, 6) is 0. The van der Waals surface area contributed by atoms with Crippen molar-refractivity contribution in [2.45, 2.75) is 13.3 Å². The molecule has 0 aromatic heterocycles. The van der Waals surface area contributed by atoms with Crippen LogP contribution in [0.3, 0.4) is 0 Å². The van der Waals surface area contributed by atoms with Gasteiger partial charge in [0.25, 0.3) is 0 Å². The molecule has 1 aromatic rings. The first-order chi connectivity index (χ1) is 6.18. The van der Waals surface area contributed by atoms with Gasteiger partial charge in [-0.3, -0.25) is 0 Å². The summed E-state index contributed by atoms with van der Waals surface area (Å²) in [5, 5.41) is 4.47. The Labute approximate surface area is 79.7 Å². The second kappa shape index (κ2) is 3.04. The maximum Gasteiger partial charge on any atom is 0.0551 e. The van der Waals surface area contributed by atoms with Crippen LogP contribution in [0, 0.1) is 6.92 Å². The van der Waals surface area contributed by atoms with Gasteiger partial charge in [-0.15, -0.1) is 0 Å². The lowest BCUT2D eigenvalue weighted by molar-refractivity contribution is 0.314. The van der Waals surface area contributed by atoms with Crippen molar-refractivity contribution in [1.29, 1.82) is 0 Å². The second-order valence-electron chi connectivity index (χ2n) is 3.79. The molecule has 0 saturated heterocycles. The Morgan fingerprint density at radius 1 is 1.23 bits per heavy atom. The fraction of sp³-hybridized carbons (Fsp3) is 0.455. The van der Waals surface area contributed by atoms with E-state index in [-0.39, 0.29) is 0 Å². The highest BCUT2D eigenvalue weighted by Gasteiger charge is 2.17. The molecule has 13 heavy (non-hydrogen) atoms. The summed E-state index contributed by atoms with van der Waals surface area (Å²) >= 11 is 0. The third-order valence-electron chi connectivity index (χ3n) is 2.80. The van der Waals surface area contributed by atoms with E-state index in [2.05, 4.69) is 49.2 Å². The molecule has 0 bridgehead atoms. The molecule has 0 spiro atoms. The van der Waals surface area contributed by atoms with Gasteiger partial charge < -0.3 is 5.01 Å². The van der Waals surface area contributed by atoms with E-state index < -0.39 is 0 Å². The van der Waals surface area contributed by atoms with E-state index >= 15 is 0 Å². The smallest absolute Gasteiger partial charge is 0.0551 e. The summed E-state index contributed by atoms with van der Waals surface area (Å²) in [6.45, 7) is 3.27. The van der Waals surface area contributed by atoms with Gasteiger partial charge >= 0.3 is 0 Å². The van der Waals surface area contributed by atoms with Crippen molar-refractivity contribution < 1.29 is 0 Å². The minimum Gasteiger partial charge on any atom is -0.309 e. The molecule has 0 radical (unpaired) electrons. The minimum atomic E-state index is 1.12. The standard InChI is InChI=1S/C11H16N2/c1-9-4-5-11-10(8-9)6-7-12(2)13(11)3/h4-5,8H,6-7H2,1-3H3. The first kappa shape index (κ1) is 8.57. The zero-order chi connectivity index (χ0) is 9.42. The van der Waals surface area contributed by atoms with Gasteiger partial charge in [-0.05, 0) is 25.0 Å². The molecule has 2 nitrogen and oxygen atoms in total. The number of fused-ring (bicyclic) bond motifs is 1. The lowest BCUT2D eigenvalue weighted by Gasteiger charge is -2.36. The van der Waals surface area contributed by atoms with Crippen molar-refractivity contribution in [1.82, 2.24) is 5.01 Å². The summed E-state index contributed by atoms with van der Waals surface area (Å²) in [5.41, 5.74) is 4.18. The highest BCUT2D eigenvalue weighted by Crippen LogP contribution is 2.26. The van der Waals surface area contributed by atoms with E-state index in [9.17, 15) is 0 Å². The van der Waals surface area contributed by atoms with E-state index in [0.29, 0.717) is 0 Å². The summed E-state index contributed by atoms with van der Waals surface area (Å²) < 4.78 is 0. The second-order valence-corrected chi connectivity index (χ2v) is 3.79. The number of hydrazine groups is 1. The van der Waals surface area contributed by atoms with E-state index in [1.54, 1.807) is 0 Å². The summed E-state index contributed by atoms with van der Waals surface area (Å²) in [6.07, 6.45) is 1.16. The monoisotopic (exact) mass is 176 g/mol. The quantitative estimate of drug-likeness (QED) is 0.595. The molecule has 0 atom stereocenters. The Morgan fingerprint density at radius 3 is 2.77 bits per heavy atom. The molecule has 0 unspecified atom stereocenters. The van der Waals surface area contributed by atoms with Crippen LogP contribution in [-0.4, -0.2) is 25.6 Å². The van der Waals surface area contributed by atoms with Gasteiger partial charge in [0.2, 0.25) is 0 Å². The van der Waals surface area contributed by atoms with Gasteiger partial charge in [0.15, 0.2) is 0 Å². The predicted molar refractivity (Wildman–Crippen MR) is 55.9 cm³/mol. The van der Waals surface area contributed by atoms with Crippen LogP contribution in [0.5, 0.6) is 0 Å². The van der Waals surface area contributed by atoms with Gasteiger partial charge in [0.1, 0.15) is 0 Å². The van der Waals surface area contributed by atoms with Gasteiger partial charge in [-0.2, -0.15) is 0 Å². The Morgan fingerprint density at radius 2 is 2.00 bits per heavy atom. The van der Waals surface area contributed by atoms with E-state index in [0.717, 1.165) is 13.0 Å². The molecule has 0 N–H and O–H groups in total. The fourth-order valence-electron chi connectivity index (χ4n) is 1.85. The number of likely N-dealkylation sites (N-methyl/N-ethyl adjacent to an activating group) is 1. The maximum absolute atomic E-state index is 2.29. The van der Waals surface area contributed by atoms with E-state index in [1.165, 1.54) is 16.8 Å². The molecular weight excluding hydrogens is 160 g/mol. The zero-order valence-electron chi connectivity index (χ0n) is 8.54. The van der Waals surface area contributed by atoms with Gasteiger partial charge in [0, 0.05) is 20.6 Å². The Balaban J connectivity index is 2.44. The van der Waals surface area contributed by atoms with Crippen LogP contribution in [0.15, 0.2) is 18.2 Å². The zero-order valence-corrected chi connectivity index (χ0v) is 8.54. The number of hydrogen-bond donors (Lipinski definition) is 0. The molecule has 70 valence electrons. The van der Waals surface area contributed by atoms with Gasteiger partial charge in [-0.25, -0.2) is 5.01 Å². The molecule has 1 aliphatic heterocycles. The molecule has 0 amide bonds. The Hall–Kier alpha value is -1.02. The normalized spacial score (nSPS) is 17.3. The molecule has 2 rings (SSSR count).